The van der Waals surface area contributed by atoms with Crippen molar-refractivity contribution in [1.82, 2.24) is 19.9 Å². The van der Waals surface area contributed by atoms with Crippen LogP contribution in [0.3, 0.4) is 0 Å². The van der Waals surface area contributed by atoms with Gasteiger partial charge in [-0.15, -0.1) is 0 Å². The highest BCUT2D eigenvalue weighted by Crippen LogP contribution is 2.22. The highest BCUT2D eigenvalue weighted by Gasteiger charge is 2.15. The first kappa shape index (κ1) is 19.8. The van der Waals surface area contributed by atoms with E-state index >= 15 is 0 Å². The molecule has 3 aromatic rings. The van der Waals surface area contributed by atoms with E-state index in [9.17, 15) is 5.11 Å². The molecule has 0 radical (unpaired) electrons. The first-order chi connectivity index (χ1) is 14.8. The Hall–Kier alpha value is -3.51. The molecule has 0 unspecified atom stereocenters. The fourth-order valence-corrected chi connectivity index (χ4v) is 3.33. The van der Waals surface area contributed by atoms with Crippen LogP contribution in [-0.2, 0) is 11.2 Å². The van der Waals surface area contributed by atoms with Crippen molar-refractivity contribution in [2.75, 3.05) is 26.3 Å². The number of aliphatic hydroxyl groups excluding tert-OH is 1. The maximum absolute atomic E-state index is 9.29. The molecular formula is C24H24N4O2. The molecule has 0 aliphatic carbocycles. The molecule has 1 N–H and O–H groups in total. The summed E-state index contributed by atoms with van der Waals surface area (Å²) in [6.07, 6.45) is 5.13. The number of ether oxygens (including phenoxy) is 1. The van der Waals surface area contributed by atoms with Gasteiger partial charge in [0.05, 0.1) is 19.5 Å². The third kappa shape index (κ3) is 5.10. The Morgan fingerprint density at radius 3 is 2.33 bits per heavy atom. The maximum atomic E-state index is 9.29. The second-order valence-electron chi connectivity index (χ2n) is 6.97. The van der Waals surface area contributed by atoms with Crippen LogP contribution in [0.25, 0.3) is 11.6 Å². The highest BCUT2D eigenvalue weighted by atomic mass is 16.5. The molecular weight excluding hydrogens is 376 g/mol. The number of rotatable bonds is 6. The minimum absolute atomic E-state index is 0.428. The van der Waals surface area contributed by atoms with Crippen molar-refractivity contribution in [1.29, 1.82) is 0 Å². The smallest absolute Gasteiger partial charge is 0.165 e. The lowest BCUT2D eigenvalue weighted by atomic mass is 10.1. The number of nitrogens with zero attached hydrogens (tertiary/aromatic N) is 4. The van der Waals surface area contributed by atoms with Gasteiger partial charge in [-0.2, -0.15) is 0 Å². The minimum Gasteiger partial charge on any atom is -0.515 e. The lowest BCUT2D eigenvalue weighted by molar-refractivity contribution is 0.0596. The van der Waals surface area contributed by atoms with E-state index < -0.39 is 0 Å². The van der Waals surface area contributed by atoms with Crippen LogP contribution in [0, 0.1) is 0 Å². The van der Waals surface area contributed by atoms with Crippen LogP contribution in [0.4, 0.5) is 0 Å². The Bertz CT molecular complexity index is 1010. The van der Waals surface area contributed by atoms with Gasteiger partial charge in [-0.25, -0.2) is 15.0 Å². The summed E-state index contributed by atoms with van der Waals surface area (Å²) in [6.45, 7) is 3.05. The maximum Gasteiger partial charge on any atom is 0.165 e. The molecule has 0 saturated carbocycles. The van der Waals surface area contributed by atoms with Crippen molar-refractivity contribution >= 4 is 11.6 Å². The Morgan fingerprint density at radius 2 is 1.63 bits per heavy atom. The number of hydrogen-bond acceptors (Lipinski definition) is 6. The van der Waals surface area contributed by atoms with Crippen LogP contribution in [0.2, 0.25) is 0 Å². The van der Waals surface area contributed by atoms with Gasteiger partial charge in [0.2, 0.25) is 0 Å². The molecule has 1 aliphatic heterocycles. The standard InChI is InChI=1S/C24H24N4O2/c29-14-11-22-25-23(17-19-7-3-1-4-8-19)27-24(26-22)21(20-9-5-2-6-10-20)18-28-12-15-30-16-13-28/h1-11,14,18,29H,12-13,15-17H2/b14-11+,21-18+. The van der Waals surface area contributed by atoms with Crippen LogP contribution in [0.1, 0.15) is 28.6 Å². The summed E-state index contributed by atoms with van der Waals surface area (Å²) in [7, 11) is 0. The van der Waals surface area contributed by atoms with Gasteiger partial charge in [0, 0.05) is 37.4 Å². The summed E-state index contributed by atoms with van der Waals surface area (Å²) in [5.41, 5.74) is 3.06. The van der Waals surface area contributed by atoms with E-state index in [2.05, 4.69) is 33.2 Å². The fraction of sp³-hybridized carbons (Fsp3) is 0.208. The SMILES string of the molecule is O/C=C/c1nc(Cc2ccccc2)nc(/C(=C/N2CCOCC2)c2ccccc2)n1. The molecule has 30 heavy (non-hydrogen) atoms. The first-order valence-corrected chi connectivity index (χ1v) is 10.0. The van der Waals surface area contributed by atoms with Gasteiger partial charge < -0.3 is 14.7 Å². The molecule has 1 fully saturated rings. The van der Waals surface area contributed by atoms with Gasteiger partial charge in [-0.1, -0.05) is 60.7 Å². The van der Waals surface area contributed by atoms with Crippen molar-refractivity contribution in [2.24, 2.45) is 0 Å². The van der Waals surface area contributed by atoms with Gasteiger partial charge in [-0.3, -0.25) is 0 Å². The van der Waals surface area contributed by atoms with Crippen molar-refractivity contribution in [3.05, 3.63) is 102 Å². The molecule has 1 saturated heterocycles. The van der Waals surface area contributed by atoms with E-state index in [1.165, 1.54) is 6.08 Å². The van der Waals surface area contributed by atoms with Crippen LogP contribution < -0.4 is 0 Å². The Morgan fingerprint density at radius 1 is 0.933 bits per heavy atom. The Labute approximate surface area is 176 Å². The second-order valence-corrected chi connectivity index (χ2v) is 6.97. The largest absolute Gasteiger partial charge is 0.515 e. The van der Waals surface area contributed by atoms with E-state index in [0.717, 1.165) is 36.1 Å². The predicted octanol–water partition coefficient (Wildman–Crippen LogP) is 3.71. The molecule has 0 spiro atoms. The van der Waals surface area contributed by atoms with E-state index in [1.54, 1.807) is 0 Å². The van der Waals surface area contributed by atoms with Crippen LogP contribution in [-0.4, -0.2) is 51.3 Å². The van der Waals surface area contributed by atoms with Gasteiger partial charge in [0.1, 0.15) is 5.82 Å². The van der Waals surface area contributed by atoms with Crippen LogP contribution in [0.5, 0.6) is 0 Å². The van der Waals surface area contributed by atoms with E-state index in [-0.39, 0.29) is 0 Å². The van der Waals surface area contributed by atoms with Crippen molar-refractivity contribution in [2.45, 2.75) is 6.42 Å². The van der Waals surface area contributed by atoms with Crippen molar-refractivity contribution in [3.8, 4) is 0 Å². The lowest BCUT2D eigenvalue weighted by Crippen LogP contribution is -2.32. The molecule has 2 aromatic carbocycles. The molecule has 2 heterocycles. The molecule has 1 aliphatic rings. The van der Waals surface area contributed by atoms with Gasteiger partial charge in [-0.05, 0) is 11.1 Å². The van der Waals surface area contributed by atoms with E-state index in [0.29, 0.717) is 37.1 Å². The summed E-state index contributed by atoms with van der Waals surface area (Å²) >= 11 is 0. The molecule has 1 aromatic heterocycles. The number of morpholine rings is 1. The number of benzene rings is 2. The molecule has 4 rings (SSSR count). The van der Waals surface area contributed by atoms with Gasteiger partial charge in [0.25, 0.3) is 0 Å². The normalized spacial score (nSPS) is 14.9. The van der Waals surface area contributed by atoms with Crippen LogP contribution in [0.15, 0.2) is 73.1 Å². The summed E-state index contributed by atoms with van der Waals surface area (Å²) in [5, 5.41) is 9.29. The number of aliphatic hydroxyl groups is 1. The van der Waals surface area contributed by atoms with E-state index in [4.69, 9.17) is 9.72 Å². The number of aromatic nitrogens is 3. The monoisotopic (exact) mass is 400 g/mol. The topological polar surface area (TPSA) is 71.4 Å². The molecule has 0 amide bonds. The summed E-state index contributed by atoms with van der Waals surface area (Å²) in [4.78, 5) is 16.1. The second kappa shape index (κ2) is 9.80. The summed E-state index contributed by atoms with van der Waals surface area (Å²) < 4.78 is 5.48. The average Bonchev–Trinajstić information content (AvgIpc) is 2.79. The van der Waals surface area contributed by atoms with Crippen LogP contribution >= 0.6 is 0 Å². The van der Waals surface area contributed by atoms with Crippen molar-refractivity contribution in [3.63, 3.8) is 0 Å². The fourth-order valence-electron chi connectivity index (χ4n) is 3.33. The first-order valence-electron chi connectivity index (χ1n) is 10.0. The predicted molar refractivity (Wildman–Crippen MR) is 117 cm³/mol. The Kier molecular flexibility index (Phi) is 6.47. The van der Waals surface area contributed by atoms with Gasteiger partial charge >= 0.3 is 0 Å². The third-order valence-electron chi connectivity index (χ3n) is 4.81. The number of hydrogen-bond donors (Lipinski definition) is 1. The summed E-state index contributed by atoms with van der Waals surface area (Å²) in [6, 6.07) is 20.2. The molecule has 6 nitrogen and oxygen atoms in total. The highest BCUT2D eigenvalue weighted by molar-refractivity contribution is 5.76. The zero-order valence-corrected chi connectivity index (χ0v) is 16.7. The van der Waals surface area contributed by atoms with E-state index in [1.807, 2.05) is 48.5 Å². The van der Waals surface area contributed by atoms with Gasteiger partial charge in [0.15, 0.2) is 11.6 Å². The Balaban J connectivity index is 1.77. The molecule has 0 bridgehead atoms. The third-order valence-corrected chi connectivity index (χ3v) is 4.81. The molecule has 6 heteroatoms. The molecule has 152 valence electrons. The zero-order chi connectivity index (χ0) is 20.6. The zero-order valence-electron chi connectivity index (χ0n) is 16.7. The minimum atomic E-state index is 0.428. The quantitative estimate of drug-likeness (QED) is 0.636. The summed E-state index contributed by atoms with van der Waals surface area (Å²) in [5.74, 6) is 1.67. The van der Waals surface area contributed by atoms with Crippen molar-refractivity contribution < 1.29 is 9.84 Å². The molecule has 0 atom stereocenters. The average molecular weight is 400 g/mol. The lowest BCUT2D eigenvalue weighted by Gasteiger charge is -2.26.